The van der Waals surface area contributed by atoms with Gasteiger partial charge in [-0.1, -0.05) is 84.9 Å². The van der Waals surface area contributed by atoms with Crippen LogP contribution in [-0.4, -0.2) is 94.1 Å². The second kappa shape index (κ2) is 20.7. The molecule has 0 aliphatic carbocycles. The van der Waals surface area contributed by atoms with Crippen molar-refractivity contribution in [3.8, 4) is 11.1 Å². The van der Waals surface area contributed by atoms with E-state index in [0.717, 1.165) is 22.3 Å². The average molecular weight is 873 g/mol. The van der Waals surface area contributed by atoms with E-state index in [4.69, 9.17) is 9.47 Å². The molecular weight excluding hydrogens is 813 g/mol. The first kappa shape index (κ1) is 46.8. The Morgan fingerprint density at radius 2 is 0.875 bits per heavy atom. The Balaban J connectivity index is 1.05. The highest BCUT2D eigenvalue weighted by molar-refractivity contribution is 6.00. The smallest absolute Gasteiger partial charge is 0.408 e. The molecule has 0 unspecified atom stereocenters. The minimum Gasteiger partial charge on any atom is -0.444 e. The number of hydrogen-bond donors (Lipinski definition) is 4. The number of ether oxygens (including phenoxy) is 2. The second-order valence-corrected chi connectivity index (χ2v) is 18.3. The number of amides is 6. The lowest BCUT2D eigenvalue weighted by atomic mass is 10.0. The molecule has 2 fully saturated rings. The van der Waals surface area contributed by atoms with E-state index >= 15 is 0 Å². The van der Waals surface area contributed by atoms with Gasteiger partial charge in [-0.3, -0.25) is 19.2 Å². The summed E-state index contributed by atoms with van der Waals surface area (Å²) >= 11 is 0. The van der Waals surface area contributed by atoms with E-state index in [1.807, 2.05) is 84.9 Å². The molecule has 14 nitrogen and oxygen atoms in total. The molecule has 2 aliphatic rings. The molecule has 64 heavy (non-hydrogen) atoms. The molecule has 2 saturated heterocycles. The Bertz CT molecular complexity index is 2090. The van der Waals surface area contributed by atoms with Crippen LogP contribution in [0.3, 0.4) is 0 Å². The minimum atomic E-state index is -0.927. The monoisotopic (exact) mass is 872 g/mol. The largest absolute Gasteiger partial charge is 0.444 e. The number of carbonyl (C=O) groups excluding carboxylic acids is 6. The van der Waals surface area contributed by atoms with Gasteiger partial charge in [0.25, 0.3) is 0 Å². The molecule has 0 aromatic heterocycles. The van der Waals surface area contributed by atoms with Gasteiger partial charge in [-0.2, -0.15) is 0 Å². The Morgan fingerprint density at radius 3 is 1.20 bits per heavy atom. The number of alkyl carbamates (subject to hydrolysis) is 2. The molecule has 2 heterocycles. The first-order chi connectivity index (χ1) is 30.4. The van der Waals surface area contributed by atoms with Gasteiger partial charge in [-0.05, 0) is 114 Å². The van der Waals surface area contributed by atoms with E-state index < -0.39 is 47.6 Å². The van der Waals surface area contributed by atoms with E-state index in [-0.39, 0.29) is 36.5 Å². The summed E-state index contributed by atoms with van der Waals surface area (Å²) in [6.07, 6.45) is 1.33. The summed E-state index contributed by atoms with van der Waals surface area (Å²) in [4.78, 5) is 83.9. The lowest BCUT2D eigenvalue weighted by Crippen LogP contribution is -2.54. The highest BCUT2D eigenvalue weighted by Gasteiger charge is 2.40. The highest BCUT2D eigenvalue weighted by atomic mass is 16.6. The van der Waals surface area contributed by atoms with Crippen molar-refractivity contribution in [2.24, 2.45) is 0 Å². The fourth-order valence-electron chi connectivity index (χ4n) is 7.95. The third-order valence-electron chi connectivity index (χ3n) is 10.9. The van der Waals surface area contributed by atoms with Crippen LogP contribution in [0.5, 0.6) is 0 Å². The Kier molecular flexibility index (Phi) is 15.1. The quantitative estimate of drug-likeness (QED) is 0.107. The fourth-order valence-corrected chi connectivity index (χ4v) is 7.95. The van der Waals surface area contributed by atoms with Crippen LogP contribution in [0, 0.1) is 0 Å². The topological polar surface area (TPSA) is 175 Å². The van der Waals surface area contributed by atoms with E-state index in [1.165, 1.54) is 0 Å². The third kappa shape index (κ3) is 13.2. The summed E-state index contributed by atoms with van der Waals surface area (Å²) in [6.45, 7) is 11.3. The van der Waals surface area contributed by atoms with Gasteiger partial charge in [0.05, 0.1) is 0 Å². The molecule has 6 rings (SSSR count). The van der Waals surface area contributed by atoms with Gasteiger partial charge in [-0.15, -0.1) is 0 Å². The van der Waals surface area contributed by atoms with E-state index in [1.54, 1.807) is 75.6 Å². The molecule has 6 amide bonds. The summed E-state index contributed by atoms with van der Waals surface area (Å²) in [5.41, 5.74) is 3.10. The number of nitrogens with one attached hydrogen (secondary N) is 4. The van der Waals surface area contributed by atoms with Crippen molar-refractivity contribution >= 4 is 47.2 Å². The Labute approximate surface area is 375 Å². The van der Waals surface area contributed by atoms with E-state index in [0.29, 0.717) is 50.1 Å². The number of likely N-dealkylation sites (tertiary alicyclic amines) is 2. The van der Waals surface area contributed by atoms with Crippen molar-refractivity contribution in [1.82, 2.24) is 20.4 Å². The first-order valence-corrected chi connectivity index (χ1v) is 21.9. The molecule has 0 bridgehead atoms. The molecule has 0 saturated carbocycles. The van der Waals surface area contributed by atoms with Crippen LogP contribution in [0.15, 0.2) is 109 Å². The van der Waals surface area contributed by atoms with Gasteiger partial charge in [0, 0.05) is 37.3 Å². The van der Waals surface area contributed by atoms with Crippen LogP contribution in [0.4, 0.5) is 21.0 Å². The molecular formula is C50H60N6O8. The van der Waals surface area contributed by atoms with Crippen LogP contribution in [-0.2, 0) is 41.5 Å². The van der Waals surface area contributed by atoms with Crippen molar-refractivity contribution in [2.45, 2.75) is 115 Å². The Morgan fingerprint density at radius 1 is 0.531 bits per heavy atom. The van der Waals surface area contributed by atoms with E-state index in [2.05, 4.69) is 21.3 Å². The Hall–Kier alpha value is -6.70. The van der Waals surface area contributed by atoms with Crippen molar-refractivity contribution in [3.63, 3.8) is 0 Å². The highest BCUT2D eigenvalue weighted by Crippen LogP contribution is 2.27. The zero-order valence-electron chi connectivity index (χ0n) is 37.5. The molecule has 0 spiro atoms. The minimum absolute atomic E-state index is 0.241. The van der Waals surface area contributed by atoms with Gasteiger partial charge in [0.15, 0.2) is 0 Å². The zero-order valence-corrected chi connectivity index (χ0v) is 37.5. The summed E-state index contributed by atoms with van der Waals surface area (Å²) in [5, 5.41) is 11.4. The number of nitrogens with zero attached hydrogens (tertiary/aromatic N) is 2. The zero-order chi connectivity index (χ0) is 46.0. The summed E-state index contributed by atoms with van der Waals surface area (Å²) in [5.74, 6) is -1.33. The maximum absolute atomic E-state index is 14.0. The molecule has 4 aromatic rings. The number of hydrogen-bond acceptors (Lipinski definition) is 8. The summed E-state index contributed by atoms with van der Waals surface area (Å²) in [6, 6.07) is 30.2. The van der Waals surface area contributed by atoms with Crippen molar-refractivity contribution in [2.75, 3.05) is 23.7 Å². The number of benzene rings is 4. The van der Waals surface area contributed by atoms with Crippen molar-refractivity contribution in [1.29, 1.82) is 0 Å². The van der Waals surface area contributed by atoms with Gasteiger partial charge in [-0.25, -0.2) is 9.59 Å². The van der Waals surface area contributed by atoms with Crippen LogP contribution >= 0.6 is 0 Å². The van der Waals surface area contributed by atoms with Gasteiger partial charge >= 0.3 is 12.2 Å². The molecule has 338 valence electrons. The molecule has 14 heteroatoms. The first-order valence-electron chi connectivity index (χ1n) is 21.9. The lowest BCUT2D eigenvalue weighted by Gasteiger charge is -2.29. The van der Waals surface area contributed by atoms with Crippen molar-refractivity contribution < 1.29 is 38.2 Å². The molecule has 2 aliphatic heterocycles. The number of anilines is 2. The van der Waals surface area contributed by atoms with Crippen LogP contribution < -0.4 is 21.3 Å². The molecule has 0 radical (unpaired) electrons. The second-order valence-electron chi connectivity index (χ2n) is 18.3. The van der Waals surface area contributed by atoms with Crippen LogP contribution in [0.2, 0.25) is 0 Å². The van der Waals surface area contributed by atoms with E-state index in [9.17, 15) is 28.8 Å². The average Bonchev–Trinajstić information content (AvgIpc) is 3.94. The number of carbonyl (C=O) groups is 6. The molecule has 4 aromatic carbocycles. The van der Waals surface area contributed by atoms with Crippen LogP contribution in [0.1, 0.15) is 78.4 Å². The van der Waals surface area contributed by atoms with Crippen molar-refractivity contribution in [3.05, 3.63) is 120 Å². The maximum Gasteiger partial charge on any atom is 0.408 e. The van der Waals surface area contributed by atoms with Gasteiger partial charge in [0.2, 0.25) is 23.6 Å². The summed E-state index contributed by atoms with van der Waals surface area (Å²) in [7, 11) is 0. The lowest BCUT2D eigenvalue weighted by molar-refractivity contribution is -0.138. The van der Waals surface area contributed by atoms with Gasteiger partial charge in [0.1, 0.15) is 35.4 Å². The third-order valence-corrected chi connectivity index (χ3v) is 10.9. The fraction of sp³-hybridized carbons (Fsp3) is 0.400. The maximum atomic E-state index is 14.0. The standard InChI is InChI=1S/C50H60N6O8/c1-49(2,3)63-47(61)53-39(31-33-15-9-7-10-16-33)45(59)55-29-13-19-41(55)43(57)51-37-25-21-35(22-26-37)36-23-27-38(28-24-36)52-44(58)42-20-14-30-56(42)46(60)40(32-34-17-11-8-12-18-34)54-48(62)64-50(4,5)6/h7-12,15-18,21-28,39-42H,13-14,19-20,29-32H2,1-6H3,(H,51,57)(H,52,58)(H,53,61)(H,54,62)/t39-,40-,41+,42+/m1/s1. The number of rotatable bonds is 13. The normalized spacial score (nSPS) is 17.2. The summed E-state index contributed by atoms with van der Waals surface area (Å²) < 4.78 is 10.9. The SMILES string of the molecule is CC(C)(C)OC(=O)N[C@H](Cc1ccccc1)C(=O)N1CCC[C@H]1C(=O)Nc1ccc(-c2ccc(NC(=O)[C@@H]3CCCN3C(=O)[C@@H](Cc3ccccc3)NC(=O)OC(C)(C)C)cc2)cc1. The molecule has 4 N–H and O–H groups in total. The predicted molar refractivity (Wildman–Crippen MR) is 245 cm³/mol. The van der Waals surface area contributed by atoms with Gasteiger partial charge < -0.3 is 40.5 Å². The molecule has 4 atom stereocenters. The predicted octanol–water partition coefficient (Wildman–Crippen LogP) is 7.48. The van der Waals surface area contributed by atoms with Crippen LogP contribution in [0.25, 0.3) is 11.1 Å².